The molecule has 1 fully saturated rings. The van der Waals surface area contributed by atoms with Gasteiger partial charge in [0.05, 0.1) is 23.6 Å². The van der Waals surface area contributed by atoms with E-state index in [1.54, 1.807) is 13.0 Å². The summed E-state index contributed by atoms with van der Waals surface area (Å²) in [6.45, 7) is 9.32. The quantitative estimate of drug-likeness (QED) is 0.793. The number of amides is 1. The van der Waals surface area contributed by atoms with E-state index in [9.17, 15) is 4.79 Å². The van der Waals surface area contributed by atoms with Crippen LogP contribution in [0.25, 0.3) is 0 Å². The maximum Gasteiger partial charge on any atom is 0.238 e. The first-order valence-electron chi connectivity index (χ1n) is 8.50. The second-order valence-electron chi connectivity index (χ2n) is 6.38. The van der Waals surface area contributed by atoms with Crippen LogP contribution in [0.15, 0.2) is 15.7 Å². The average molecular weight is 364 g/mol. The highest BCUT2D eigenvalue weighted by molar-refractivity contribution is 8.00. The number of carbonyl (C=O) groups excluding carboxylic acids is 1. The highest BCUT2D eigenvalue weighted by Crippen LogP contribution is 2.27. The molecule has 1 saturated heterocycles. The molecule has 1 amide bonds. The van der Waals surface area contributed by atoms with Gasteiger partial charge in [0, 0.05) is 18.4 Å². The Hall–Kier alpha value is -1.80. The maximum absolute atomic E-state index is 12.4. The van der Waals surface area contributed by atoms with Gasteiger partial charge in [-0.15, -0.1) is 0 Å². The Morgan fingerprint density at radius 2 is 2.28 bits per heavy atom. The standard InChI is InChI=1S/C17H24N4O3S/c1-10-8-15(20-24-10)19-16(22)13(4)25-17-18-11(2)12(3)21(17)9-14-6-5-7-23-14/h8,13-14H,5-7,9H2,1-4H3,(H,19,20,22)/t13-,14+/m1/s1. The van der Waals surface area contributed by atoms with Gasteiger partial charge < -0.3 is 19.1 Å². The van der Waals surface area contributed by atoms with Crippen LogP contribution >= 0.6 is 11.8 Å². The number of ether oxygens (including phenoxy) is 1. The number of thioether (sulfide) groups is 1. The van der Waals surface area contributed by atoms with Gasteiger partial charge in [-0.1, -0.05) is 16.9 Å². The van der Waals surface area contributed by atoms with Gasteiger partial charge in [-0.05, 0) is 40.5 Å². The van der Waals surface area contributed by atoms with Gasteiger partial charge in [0.15, 0.2) is 11.0 Å². The van der Waals surface area contributed by atoms with E-state index < -0.39 is 0 Å². The van der Waals surface area contributed by atoms with Crippen molar-refractivity contribution >= 4 is 23.5 Å². The Balaban J connectivity index is 1.68. The van der Waals surface area contributed by atoms with E-state index in [0.717, 1.165) is 42.5 Å². The summed E-state index contributed by atoms with van der Waals surface area (Å²) in [5, 5.41) is 7.11. The fourth-order valence-electron chi connectivity index (χ4n) is 2.79. The van der Waals surface area contributed by atoms with Crippen molar-refractivity contribution in [2.24, 2.45) is 0 Å². The topological polar surface area (TPSA) is 82.2 Å². The minimum absolute atomic E-state index is 0.125. The maximum atomic E-state index is 12.4. The SMILES string of the molecule is Cc1cc(NC(=O)[C@@H](C)Sc2nc(C)c(C)n2C[C@@H]2CCCO2)no1. The van der Waals surface area contributed by atoms with Crippen LogP contribution in [0, 0.1) is 20.8 Å². The van der Waals surface area contributed by atoms with Gasteiger partial charge >= 0.3 is 0 Å². The first kappa shape index (κ1) is 18.0. The fourth-order valence-corrected chi connectivity index (χ4v) is 3.80. The van der Waals surface area contributed by atoms with E-state index in [0.29, 0.717) is 11.6 Å². The number of nitrogens with zero attached hydrogens (tertiary/aromatic N) is 3. The summed E-state index contributed by atoms with van der Waals surface area (Å²) in [7, 11) is 0. The Labute approximate surface area is 151 Å². The summed E-state index contributed by atoms with van der Waals surface area (Å²) in [5.74, 6) is 0.972. The van der Waals surface area contributed by atoms with Crippen molar-refractivity contribution in [2.45, 2.75) is 63.6 Å². The molecule has 2 aromatic heterocycles. The third-order valence-electron chi connectivity index (χ3n) is 4.36. The normalized spacial score (nSPS) is 18.5. The van der Waals surface area contributed by atoms with Crippen molar-refractivity contribution < 1.29 is 14.1 Å². The van der Waals surface area contributed by atoms with Gasteiger partial charge in [-0.2, -0.15) is 0 Å². The third-order valence-corrected chi connectivity index (χ3v) is 5.45. The fraction of sp³-hybridized carbons (Fsp3) is 0.588. The van der Waals surface area contributed by atoms with Crippen LogP contribution in [0.2, 0.25) is 0 Å². The van der Waals surface area contributed by atoms with Crippen LogP contribution in [0.5, 0.6) is 0 Å². The van der Waals surface area contributed by atoms with Gasteiger partial charge in [-0.25, -0.2) is 4.98 Å². The molecule has 1 N–H and O–H groups in total. The Bertz CT molecular complexity index is 749. The summed E-state index contributed by atoms with van der Waals surface area (Å²) in [5.41, 5.74) is 2.11. The number of hydrogen-bond acceptors (Lipinski definition) is 6. The van der Waals surface area contributed by atoms with Crippen molar-refractivity contribution in [2.75, 3.05) is 11.9 Å². The zero-order valence-corrected chi connectivity index (χ0v) is 15.9. The van der Waals surface area contributed by atoms with Gasteiger partial charge in [0.2, 0.25) is 5.91 Å². The molecule has 0 unspecified atom stereocenters. The molecule has 136 valence electrons. The molecule has 0 saturated carbocycles. The summed E-state index contributed by atoms with van der Waals surface area (Å²) >= 11 is 1.45. The van der Waals surface area contributed by atoms with Crippen LogP contribution in [0.3, 0.4) is 0 Å². The minimum atomic E-state index is -0.304. The Kier molecular flexibility index (Phi) is 5.48. The van der Waals surface area contributed by atoms with Crippen LogP contribution < -0.4 is 5.32 Å². The van der Waals surface area contributed by atoms with Crippen LogP contribution in [-0.4, -0.2) is 38.6 Å². The van der Waals surface area contributed by atoms with Crippen molar-refractivity contribution in [1.29, 1.82) is 0 Å². The molecule has 2 atom stereocenters. The number of imidazole rings is 1. The van der Waals surface area contributed by atoms with Crippen molar-refractivity contribution in [3.8, 4) is 0 Å². The second kappa shape index (κ2) is 7.61. The van der Waals surface area contributed by atoms with E-state index in [1.807, 2.05) is 13.8 Å². The van der Waals surface area contributed by atoms with E-state index >= 15 is 0 Å². The third kappa shape index (κ3) is 4.24. The minimum Gasteiger partial charge on any atom is -0.376 e. The molecule has 25 heavy (non-hydrogen) atoms. The molecule has 3 rings (SSSR count). The zero-order valence-electron chi connectivity index (χ0n) is 15.0. The van der Waals surface area contributed by atoms with Gasteiger partial charge in [-0.3, -0.25) is 4.79 Å². The molecule has 7 nitrogen and oxygen atoms in total. The number of rotatable bonds is 6. The average Bonchev–Trinajstić information content (AvgIpc) is 3.27. The predicted molar refractivity (Wildman–Crippen MR) is 95.9 cm³/mol. The molecule has 0 aromatic carbocycles. The van der Waals surface area contributed by atoms with E-state index in [-0.39, 0.29) is 17.3 Å². The molecule has 1 aliphatic heterocycles. The highest BCUT2D eigenvalue weighted by atomic mass is 32.2. The van der Waals surface area contributed by atoms with Crippen molar-refractivity contribution in [3.63, 3.8) is 0 Å². The number of hydrogen-bond donors (Lipinski definition) is 1. The lowest BCUT2D eigenvalue weighted by Crippen LogP contribution is -2.24. The lowest BCUT2D eigenvalue weighted by molar-refractivity contribution is -0.115. The number of aromatic nitrogens is 3. The molecule has 0 aliphatic carbocycles. The van der Waals surface area contributed by atoms with Crippen molar-refractivity contribution in [3.05, 3.63) is 23.2 Å². The highest BCUT2D eigenvalue weighted by Gasteiger charge is 2.23. The van der Waals surface area contributed by atoms with Gasteiger partial charge in [0.25, 0.3) is 0 Å². The molecular weight excluding hydrogens is 340 g/mol. The largest absolute Gasteiger partial charge is 0.376 e. The molecule has 1 aliphatic rings. The van der Waals surface area contributed by atoms with Crippen LogP contribution in [0.1, 0.15) is 36.9 Å². The summed E-state index contributed by atoms with van der Waals surface area (Å²) in [6, 6.07) is 1.70. The molecule has 3 heterocycles. The smallest absolute Gasteiger partial charge is 0.238 e. The summed E-state index contributed by atoms with van der Waals surface area (Å²) in [4.78, 5) is 17.0. The predicted octanol–water partition coefficient (Wildman–Crippen LogP) is 3.09. The summed E-state index contributed by atoms with van der Waals surface area (Å²) in [6.07, 6.45) is 2.41. The Morgan fingerprint density at radius 3 is 2.92 bits per heavy atom. The van der Waals surface area contributed by atoms with Gasteiger partial charge in [0.1, 0.15) is 5.76 Å². The molecule has 8 heteroatoms. The van der Waals surface area contributed by atoms with Crippen LogP contribution in [-0.2, 0) is 16.1 Å². The molecule has 0 spiro atoms. The zero-order chi connectivity index (χ0) is 18.0. The van der Waals surface area contributed by atoms with Crippen molar-refractivity contribution in [1.82, 2.24) is 14.7 Å². The first-order valence-corrected chi connectivity index (χ1v) is 9.38. The molecular formula is C17H24N4O3S. The number of carbonyl (C=O) groups is 1. The van der Waals surface area contributed by atoms with E-state index in [1.165, 1.54) is 11.8 Å². The summed E-state index contributed by atoms with van der Waals surface area (Å²) < 4.78 is 12.9. The second-order valence-corrected chi connectivity index (χ2v) is 7.69. The lowest BCUT2D eigenvalue weighted by atomic mass is 10.2. The number of aryl methyl sites for hydroxylation is 2. The molecule has 0 bridgehead atoms. The number of nitrogens with one attached hydrogen (secondary N) is 1. The van der Waals surface area contributed by atoms with E-state index in [4.69, 9.17) is 9.26 Å². The van der Waals surface area contributed by atoms with E-state index in [2.05, 4.69) is 26.9 Å². The lowest BCUT2D eigenvalue weighted by Gasteiger charge is -2.16. The molecule has 0 radical (unpaired) electrons. The molecule has 2 aromatic rings. The van der Waals surface area contributed by atoms with Crippen LogP contribution in [0.4, 0.5) is 5.82 Å². The number of anilines is 1. The monoisotopic (exact) mass is 364 g/mol. The Morgan fingerprint density at radius 1 is 1.48 bits per heavy atom. The first-order chi connectivity index (χ1) is 11.9.